The average molecular weight is 305 g/mol. The Bertz CT molecular complexity index is 527. The number of nitrogens with one attached hydrogen (secondary N) is 1. The maximum Gasteiger partial charge on any atom is 0.270 e. The Morgan fingerprint density at radius 1 is 1.32 bits per heavy atom. The van der Waals surface area contributed by atoms with Crippen molar-refractivity contribution < 1.29 is 9.59 Å². The molecule has 0 spiro atoms. The summed E-state index contributed by atoms with van der Waals surface area (Å²) in [7, 11) is 0. The molecule has 7 nitrogen and oxygen atoms in total. The summed E-state index contributed by atoms with van der Waals surface area (Å²) in [6, 6.07) is 1.73. The summed E-state index contributed by atoms with van der Waals surface area (Å²) in [6.45, 7) is 7.30. The van der Waals surface area contributed by atoms with Crippen LogP contribution >= 0.6 is 0 Å². The Hall–Kier alpha value is -2.18. The molecule has 0 bridgehead atoms. The van der Waals surface area contributed by atoms with Crippen molar-refractivity contribution in [1.82, 2.24) is 20.2 Å². The van der Waals surface area contributed by atoms with Crippen LogP contribution in [0.4, 0.5) is 5.82 Å². The molecule has 22 heavy (non-hydrogen) atoms. The van der Waals surface area contributed by atoms with Crippen molar-refractivity contribution >= 4 is 18.1 Å². The van der Waals surface area contributed by atoms with Crippen LogP contribution in [0, 0.1) is 6.92 Å². The highest BCUT2D eigenvalue weighted by Gasteiger charge is 2.19. The zero-order valence-electron chi connectivity index (χ0n) is 13.2. The molecule has 7 heteroatoms. The van der Waals surface area contributed by atoms with Crippen LogP contribution in [-0.4, -0.2) is 59.9 Å². The first kappa shape index (κ1) is 16.2. The summed E-state index contributed by atoms with van der Waals surface area (Å²) >= 11 is 0. The highest BCUT2D eigenvalue weighted by molar-refractivity contribution is 5.92. The maximum atomic E-state index is 12.1. The standard InChI is InChI=1S/C15H23N5O2/c1-3-4-5-16-15(22)13-10-14(18-12(2)17-13)20-8-6-19(11-21)7-9-20/h10-11H,3-9H2,1-2H3,(H,16,22). The number of aryl methyl sites for hydroxylation is 1. The van der Waals surface area contributed by atoms with Crippen LogP contribution in [0.25, 0.3) is 0 Å². The molecule has 1 aromatic heterocycles. The van der Waals surface area contributed by atoms with E-state index in [1.165, 1.54) is 0 Å². The van der Waals surface area contributed by atoms with Gasteiger partial charge in [0.2, 0.25) is 6.41 Å². The van der Waals surface area contributed by atoms with Gasteiger partial charge in [0, 0.05) is 38.8 Å². The normalized spacial score (nSPS) is 14.8. The first-order chi connectivity index (χ1) is 10.6. The molecule has 120 valence electrons. The minimum absolute atomic E-state index is 0.160. The van der Waals surface area contributed by atoms with Gasteiger partial charge in [0.15, 0.2) is 0 Å². The van der Waals surface area contributed by atoms with E-state index < -0.39 is 0 Å². The minimum Gasteiger partial charge on any atom is -0.353 e. The molecule has 1 saturated heterocycles. The number of hydrogen-bond donors (Lipinski definition) is 1. The second kappa shape index (κ2) is 7.72. The lowest BCUT2D eigenvalue weighted by Crippen LogP contribution is -2.46. The van der Waals surface area contributed by atoms with Gasteiger partial charge in [0.25, 0.3) is 5.91 Å². The van der Waals surface area contributed by atoms with Crippen LogP contribution < -0.4 is 10.2 Å². The first-order valence-corrected chi connectivity index (χ1v) is 7.72. The summed E-state index contributed by atoms with van der Waals surface area (Å²) in [5, 5.41) is 2.87. The molecule has 2 heterocycles. The number of carbonyl (C=O) groups is 2. The smallest absolute Gasteiger partial charge is 0.270 e. The summed E-state index contributed by atoms with van der Waals surface area (Å²) < 4.78 is 0. The van der Waals surface area contributed by atoms with Gasteiger partial charge in [-0.2, -0.15) is 0 Å². The number of hydrogen-bond acceptors (Lipinski definition) is 5. The number of rotatable bonds is 6. The van der Waals surface area contributed by atoms with Gasteiger partial charge in [-0.3, -0.25) is 9.59 Å². The summed E-state index contributed by atoms with van der Waals surface area (Å²) in [5.74, 6) is 1.17. The summed E-state index contributed by atoms with van der Waals surface area (Å²) in [4.78, 5) is 35.3. The molecule has 1 aromatic rings. The molecule has 0 aromatic carbocycles. The van der Waals surface area contributed by atoms with Crippen LogP contribution in [-0.2, 0) is 4.79 Å². The van der Waals surface area contributed by atoms with Gasteiger partial charge in [-0.15, -0.1) is 0 Å². The van der Waals surface area contributed by atoms with E-state index in [-0.39, 0.29) is 5.91 Å². The van der Waals surface area contributed by atoms with Gasteiger partial charge in [-0.1, -0.05) is 13.3 Å². The molecule has 0 saturated carbocycles. The summed E-state index contributed by atoms with van der Waals surface area (Å²) in [5.41, 5.74) is 0.399. The average Bonchev–Trinajstić information content (AvgIpc) is 2.54. The number of piperazine rings is 1. The molecule has 0 aliphatic carbocycles. The fraction of sp³-hybridized carbons (Fsp3) is 0.600. The molecular weight excluding hydrogens is 282 g/mol. The van der Waals surface area contributed by atoms with Gasteiger partial charge < -0.3 is 15.1 Å². The molecule has 1 N–H and O–H groups in total. The van der Waals surface area contributed by atoms with E-state index in [2.05, 4.69) is 27.1 Å². The van der Waals surface area contributed by atoms with Gasteiger partial charge in [0.05, 0.1) is 0 Å². The van der Waals surface area contributed by atoms with Crippen LogP contribution in [0.3, 0.4) is 0 Å². The SMILES string of the molecule is CCCCNC(=O)c1cc(N2CCN(C=O)CC2)nc(C)n1. The topological polar surface area (TPSA) is 78.4 Å². The Labute approximate surface area is 130 Å². The lowest BCUT2D eigenvalue weighted by Gasteiger charge is -2.33. The van der Waals surface area contributed by atoms with Crippen molar-refractivity contribution in [3.05, 3.63) is 17.6 Å². The first-order valence-electron chi connectivity index (χ1n) is 7.72. The zero-order valence-corrected chi connectivity index (χ0v) is 13.2. The number of aromatic nitrogens is 2. The molecule has 2 rings (SSSR count). The van der Waals surface area contributed by atoms with Crippen molar-refractivity contribution in [1.29, 1.82) is 0 Å². The molecule has 1 fully saturated rings. The van der Waals surface area contributed by atoms with Crippen molar-refractivity contribution in [2.45, 2.75) is 26.7 Å². The molecule has 0 unspecified atom stereocenters. The second-order valence-corrected chi connectivity index (χ2v) is 5.40. The van der Waals surface area contributed by atoms with Crippen LogP contribution in [0.15, 0.2) is 6.07 Å². The van der Waals surface area contributed by atoms with E-state index in [1.807, 2.05) is 0 Å². The van der Waals surface area contributed by atoms with E-state index in [1.54, 1.807) is 17.9 Å². The number of anilines is 1. The van der Waals surface area contributed by atoms with Crippen molar-refractivity contribution in [2.75, 3.05) is 37.6 Å². The number of unbranched alkanes of at least 4 members (excludes halogenated alkanes) is 1. The van der Waals surface area contributed by atoms with Crippen molar-refractivity contribution in [3.63, 3.8) is 0 Å². The molecule has 0 radical (unpaired) electrons. The molecule has 2 amide bonds. The van der Waals surface area contributed by atoms with Crippen molar-refractivity contribution in [2.24, 2.45) is 0 Å². The highest BCUT2D eigenvalue weighted by Crippen LogP contribution is 2.15. The molecular formula is C15H23N5O2. The van der Waals surface area contributed by atoms with Crippen molar-refractivity contribution in [3.8, 4) is 0 Å². The monoisotopic (exact) mass is 305 g/mol. The van der Waals surface area contributed by atoms with Crippen LogP contribution in [0.1, 0.15) is 36.1 Å². The Morgan fingerprint density at radius 3 is 2.68 bits per heavy atom. The molecule has 1 aliphatic heterocycles. The third-order valence-corrected chi connectivity index (χ3v) is 3.66. The van der Waals surface area contributed by atoms with Crippen LogP contribution in [0.2, 0.25) is 0 Å². The number of carbonyl (C=O) groups excluding carboxylic acids is 2. The zero-order chi connectivity index (χ0) is 15.9. The lowest BCUT2D eigenvalue weighted by atomic mass is 10.3. The number of nitrogens with zero attached hydrogens (tertiary/aromatic N) is 4. The lowest BCUT2D eigenvalue weighted by molar-refractivity contribution is -0.118. The fourth-order valence-electron chi connectivity index (χ4n) is 2.36. The third kappa shape index (κ3) is 4.16. The highest BCUT2D eigenvalue weighted by atomic mass is 16.2. The molecule has 0 atom stereocenters. The molecule has 1 aliphatic rings. The Morgan fingerprint density at radius 2 is 2.05 bits per heavy atom. The van der Waals surface area contributed by atoms with E-state index in [9.17, 15) is 9.59 Å². The van der Waals surface area contributed by atoms with Gasteiger partial charge in [-0.05, 0) is 13.3 Å². The van der Waals surface area contributed by atoms with E-state index in [0.717, 1.165) is 25.1 Å². The number of amides is 2. The van der Waals surface area contributed by atoms with E-state index in [0.29, 0.717) is 44.2 Å². The predicted molar refractivity (Wildman–Crippen MR) is 83.9 cm³/mol. The van der Waals surface area contributed by atoms with E-state index in [4.69, 9.17) is 0 Å². The fourth-order valence-corrected chi connectivity index (χ4v) is 2.36. The second-order valence-electron chi connectivity index (χ2n) is 5.40. The minimum atomic E-state index is -0.160. The largest absolute Gasteiger partial charge is 0.353 e. The third-order valence-electron chi connectivity index (χ3n) is 3.66. The van der Waals surface area contributed by atoms with Gasteiger partial charge >= 0.3 is 0 Å². The van der Waals surface area contributed by atoms with Crippen LogP contribution in [0.5, 0.6) is 0 Å². The van der Waals surface area contributed by atoms with Gasteiger partial charge in [-0.25, -0.2) is 9.97 Å². The Balaban J connectivity index is 2.06. The maximum absolute atomic E-state index is 12.1. The van der Waals surface area contributed by atoms with Gasteiger partial charge in [0.1, 0.15) is 17.3 Å². The summed E-state index contributed by atoms with van der Waals surface area (Å²) in [6.07, 6.45) is 2.86. The predicted octanol–water partition coefficient (Wildman–Crippen LogP) is 0.593. The van der Waals surface area contributed by atoms with E-state index >= 15 is 0 Å². The quantitative estimate of drug-likeness (QED) is 0.615. The Kier molecular flexibility index (Phi) is 5.68.